The average molecular weight is 765 g/mol. The standard InChI is InChI=1S/C30H26Br3FN4O4/c1-41-24-13-18(26(32)27(33)28(24)42-16-25(39)36-21-10-8-20(34)9-11-21)15-35-38-29(17-5-3-2-4-6-17)37-23-12-7-19(31)14-22(23)30(38)40/h7-15,17H,2-6,16H2,1H3,(H,36,39). The van der Waals surface area contributed by atoms with E-state index in [-0.39, 0.29) is 18.1 Å². The molecule has 0 unspecified atom stereocenters. The van der Waals surface area contributed by atoms with Crippen LogP contribution in [0.2, 0.25) is 0 Å². The highest BCUT2D eigenvalue weighted by atomic mass is 79.9. The molecule has 3 aromatic carbocycles. The van der Waals surface area contributed by atoms with Crippen molar-refractivity contribution in [2.75, 3.05) is 19.0 Å². The Labute approximate surface area is 266 Å². The molecule has 0 radical (unpaired) electrons. The summed E-state index contributed by atoms with van der Waals surface area (Å²) in [7, 11) is 1.48. The molecule has 1 saturated carbocycles. The van der Waals surface area contributed by atoms with Crippen LogP contribution in [0.15, 0.2) is 71.8 Å². The van der Waals surface area contributed by atoms with Gasteiger partial charge in [-0.25, -0.2) is 9.37 Å². The number of amides is 1. The quantitative estimate of drug-likeness (QED) is 0.185. The number of carbonyl (C=O) groups excluding carboxylic acids is 1. The van der Waals surface area contributed by atoms with Crippen LogP contribution in [0.3, 0.4) is 0 Å². The number of anilines is 1. The third-order valence-electron chi connectivity index (χ3n) is 6.97. The molecular formula is C30H26Br3FN4O4. The molecule has 1 N–H and O–H groups in total. The SMILES string of the molecule is COc1cc(C=Nn2c(C3CCCCC3)nc3ccc(Br)cc3c2=O)c(Br)c(Br)c1OCC(=O)Nc1ccc(F)cc1. The number of hydrogen-bond acceptors (Lipinski definition) is 6. The number of ether oxygens (including phenoxy) is 2. The number of benzene rings is 3. The Bertz CT molecular complexity index is 1720. The minimum Gasteiger partial charge on any atom is -0.493 e. The maximum atomic E-state index is 13.7. The minimum atomic E-state index is -0.428. The van der Waals surface area contributed by atoms with Crippen LogP contribution in [0.5, 0.6) is 11.5 Å². The van der Waals surface area contributed by atoms with Gasteiger partial charge in [-0.15, -0.1) is 0 Å². The summed E-state index contributed by atoms with van der Waals surface area (Å²) in [4.78, 5) is 31.0. The summed E-state index contributed by atoms with van der Waals surface area (Å²) in [5, 5.41) is 7.76. The van der Waals surface area contributed by atoms with Gasteiger partial charge in [0, 0.05) is 26.1 Å². The van der Waals surface area contributed by atoms with E-state index in [0.29, 0.717) is 48.4 Å². The van der Waals surface area contributed by atoms with E-state index in [4.69, 9.17) is 14.5 Å². The van der Waals surface area contributed by atoms with Crippen molar-refractivity contribution in [2.24, 2.45) is 5.10 Å². The summed E-state index contributed by atoms with van der Waals surface area (Å²) in [5.74, 6) is 0.613. The number of fused-ring (bicyclic) bond motifs is 1. The fourth-order valence-corrected chi connectivity index (χ4v) is 6.17. The number of nitrogens with zero attached hydrogens (tertiary/aromatic N) is 3. The zero-order valence-electron chi connectivity index (χ0n) is 22.5. The van der Waals surface area contributed by atoms with Gasteiger partial charge in [0.2, 0.25) is 0 Å². The first-order valence-corrected chi connectivity index (χ1v) is 15.6. The number of nitrogens with one attached hydrogen (secondary N) is 1. The number of hydrogen-bond donors (Lipinski definition) is 1. The van der Waals surface area contributed by atoms with Gasteiger partial charge in [-0.2, -0.15) is 9.78 Å². The maximum Gasteiger partial charge on any atom is 0.282 e. The lowest BCUT2D eigenvalue weighted by molar-refractivity contribution is -0.118. The second kappa shape index (κ2) is 13.5. The maximum absolute atomic E-state index is 13.7. The van der Waals surface area contributed by atoms with Crippen molar-refractivity contribution in [3.8, 4) is 11.5 Å². The van der Waals surface area contributed by atoms with Gasteiger partial charge < -0.3 is 14.8 Å². The third-order valence-corrected chi connectivity index (χ3v) is 9.60. The number of aromatic nitrogens is 2. The van der Waals surface area contributed by atoms with Crippen molar-refractivity contribution in [2.45, 2.75) is 38.0 Å². The number of halogens is 4. The van der Waals surface area contributed by atoms with Gasteiger partial charge in [0.25, 0.3) is 11.5 Å². The van der Waals surface area contributed by atoms with Crippen molar-refractivity contribution >= 4 is 76.5 Å². The summed E-state index contributed by atoms with van der Waals surface area (Å²) in [6, 6.07) is 12.6. The van der Waals surface area contributed by atoms with E-state index in [1.165, 1.54) is 42.5 Å². The highest BCUT2D eigenvalue weighted by molar-refractivity contribution is 9.13. The largest absolute Gasteiger partial charge is 0.493 e. The van der Waals surface area contributed by atoms with Crippen LogP contribution in [0.25, 0.3) is 10.9 Å². The molecule has 1 heterocycles. The molecule has 1 aliphatic rings. The van der Waals surface area contributed by atoms with Gasteiger partial charge in [-0.05, 0) is 93.2 Å². The van der Waals surface area contributed by atoms with Crippen LogP contribution < -0.4 is 20.3 Å². The average Bonchev–Trinajstić information content (AvgIpc) is 2.99. The first-order valence-electron chi connectivity index (χ1n) is 13.3. The van der Waals surface area contributed by atoms with Crippen molar-refractivity contribution in [1.29, 1.82) is 0 Å². The zero-order chi connectivity index (χ0) is 29.8. The Morgan fingerprint density at radius 2 is 1.83 bits per heavy atom. The highest BCUT2D eigenvalue weighted by Crippen LogP contribution is 2.42. The molecule has 1 fully saturated rings. The van der Waals surface area contributed by atoms with Crippen molar-refractivity contribution in [3.05, 3.63) is 89.5 Å². The van der Waals surface area contributed by atoms with Crippen LogP contribution in [-0.2, 0) is 4.79 Å². The smallest absolute Gasteiger partial charge is 0.282 e. The normalized spacial score (nSPS) is 13.9. The second-order valence-electron chi connectivity index (χ2n) is 9.80. The Hall–Kier alpha value is -3.09. The van der Waals surface area contributed by atoms with Gasteiger partial charge in [0.1, 0.15) is 11.6 Å². The molecule has 8 nitrogen and oxygen atoms in total. The summed E-state index contributed by atoms with van der Waals surface area (Å²) in [5.41, 5.74) is 1.46. The van der Waals surface area contributed by atoms with Crippen molar-refractivity contribution < 1.29 is 18.7 Å². The van der Waals surface area contributed by atoms with E-state index in [0.717, 1.165) is 30.2 Å². The van der Waals surface area contributed by atoms with Crippen LogP contribution in [0, 0.1) is 5.82 Å². The Kier molecular flexibility index (Phi) is 9.74. The van der Waals surface area contributed by atoms with Gasteiger partial charge in [-0.1, -0.05) is 35.2 Å². The van der Waals surface area contributed by atoms with E-state index >= 15 is 0 Å². The Balaban J connectivity index is 1.45. The summed E-state index contributed by atoms with van der Waals surface area (Å²) < 4.78 is 27.8. The van der Waals surface area contributed by atoms with Gasteiger partial charge in [0.05, 0.1) is 28.7 Å². The van der Waals surface area contributed by atoms with Gasteiger partial charge in [0.15, 0.2) is 18.1 Å². The Morgan fingerprint density at radius 1 is 1.10 bits per heavy atom. The summed E-state index contributed by atoms with van der Waals surface area (Å²) in [6.07, 6.45) is 6.82. The summed E-state index contributed by atoms with van der Waals surface area (Å²) >= 11 is 10.6. The highest BCUT2D eigenvalue weighted by Gasteiger charge is 2.23. The number of carbonyl (C=O) groups is 1. The lowest BCUT2D eigenvalue weighted by atomic mass is 9.88. The molecular weight excluding hydrogens is 739 g/mol. The summed E-state index contributed by atoms with van der Waals surface area (Å²) in [6.45, 7) is -0.315. The zero-order valence-corrected chi connectivity index (χ0v) is 27.3. The molecule has 0 spiro atoms. The molecule has 0 saturated heterocycles. The molecule has 218 valence electrons. The topological polar surface area (TPSA) is 94.8 Å². The van der Waals surface area contributed by atoms with E-state index < -0.39 is 11.7 Å². The van der Waals surface area contributed by atoms with Crippen molar-refractivity contribution in [3.63, 3.8) is 0 Å². The second-order valence-corrected chi connectivity index (χ2v) is 12.3. The molecule has 5 rings (SSSR count). The fraction of sp³-hybridized carbons (Fsp3) is 0.267. The van der Waals surface area contributed by atoms with E-state index in [1.54, 1.807) is 18.3 Å². The third kappa shape index (κ3) is 6.76. The van der Waals surface area contributed by atoms with Crippen molar-refractivity contribution in [1.82, 2.24) is 9.66 Å². The molecule has 1 aliphatic carbocycles. The lowest BCUT2D eigenvalue weighted by Crippen LogP contribution is -2.25. The first-order chi connectivity index (χ1) is 20.2. The van der Waals surface area contributed by atoms with E-state index in [9.17, 15) is 14.0 Å². The van der Waals surface area contributed by atoms with Crippen LogP contribution >= 0.6 is 47.8 Å². The predicted octanol–water partition coefficient (Wildman–Crippen LogP) is 7.78. The molecule has 4 aromatic rings. The molecule has 1 amide bonds. The molecule has 0 atom stereocenters. The molecule has 0 aliphatic heterocycles. The fourth-order valence-electron chi connectivity index (χ4n) is 4.88. The molecule has 42 heavy (non-hydrogen) atoms. The lowest BCUT2D eigenvalue weighted by Gasteiger charge is -2.22. The molecule has 12 heteroatoms. The monoisotopic (exact) mass is 762 g/mol. The molecule has 0 bridgehead atoms. The van der Waals surface area contributed by atoms with Crippen LogP contribution in [0.4, 0.5) is 10.1 Å². The van der Waals surface area contributed by atoms with E-state index in [1.807, 2.05) is 12.1 Å². The number of rotatable bonds is 8. The number of methoxy groups -OCH3 is 1. The van der Waals surface area contributed by atoms with E-state index in [2.05, 4.69) is 58.2 Å². The van der Waals surface area contributed by atoms with Crippen LogP contribution in [0.1, 0.15) is 49.4 Å². The van der Waals surface area contributed by atoms with Crippen LogP contribution in [-0.4, -0.2) is 35.5 Å². The minimum absolute atomic E-state index is 0.137. The van der Waals surface area contributed by atoms with Gasteiger partial charge >= 0.3 is 0 Å². The Morgan fingerprint density at radius 3 is 2.55 bits per heavy atom. The predicted molar refractivity (Wildman–Crippen MR) is 171 cm³/mol. The first kappa shape index (κ1) is 30.4. The molecule has 1 aromatic heterocycles. The van der Waals surface area contributed by atoms with Gasteiger partial charge in [-0.3, -0.25) is 9.59 Å².